The van der Waals surface area contributed by atoms with Gasteiger partial charge in [-0.2, -0.15) is 13.2 Å². The largest absolute Gasteiger partial charge is 0.468 e. The summed E-state index contributed by atoms with van der Waals surface area (Å²) in [7, 11) is 1.54. The number of hydrogen-bond acceptors (Lipinski definition) is 4. The van der Waals surface area contributed by atoms with Gasteiger partial charge < -0.3 is 19.3 Å². The third-order valence-corrected chi connectivity index (χ3v) is 2.25. The molecule has 0 heterocycles. The Balaban J connectivity index is 2.44. The summed E-state index contributed by atoms with van der Waals surface area (Å²) in [6.07, 6.45) is -7.16. The maximum absolute atomic E-state index is 12.2. The van der Waals surface area contributed by atoms with Crippen molar-refractivity contribution in [2.75, 3.05) is 27.1 Å². The van der Waals surface area contributed by atoms with Crippen molar-refractivity contribution in [2.24, 2.45) is 0 Å². The molecule has 1 rings (SSSR count). The SMILES string of the molecule is COCCOCOc1ccc(C(O)C(F)(F)F)cc1. The number of hydrogen-bond donors (Lipinski definition) is 1. The number of benzene rings is 1. The molecule has 0 aromatic heterocycles. The molecule has 4 nitrogen and oxygen atoms in total. The van der Waals surface area contributed by atoms with Crippen LogP contribution in [0.4, 0.5) is 13.2 Å². The molecule has 0 radical (unpaired) electrons. The molecule has 0 amide bonds. The Morgan fingerprint density at radius 2 is 1.79 bits per heavy atom. The number of alkyl halides is 3. The average molecular weight is 280 g/mol. The van der Waals surface area contributed by atoms with Gasteiger partial charge in [0.05, 0.1) is 13.2 Å². The van der Waals surface area contributed by atoms with Crippen LogP contribution in [0.2, 0.25) is 0 Å². The summed E-state index contributed by atoms with van der Waals surface area (Å²) in [6.45, 7) is 0.770. The van der Waals surface area contributed by atoms with E-state index >= 15 is 0 Å². The fourth-order valence-corrected chi connectivity index (χ4v) is 1.25. The maximum Gasteiger partial charge on any atom is 0.418 e. The number of rotatable bonds is 7. The van der Waals surface area contributed by atoms with Crippen LogP contribution < -0.4 is 4.74 Å². The predicted molar refractivity (Wildman–Crippen MR) is 60.8 cm³/mol. The van der Waals surface area contributed by atoms with Crippen molar-refractivity contribution >= 4 is 0 Å². The molecule has 1 unspecified atom stereocenters. The second-order valence-electron chi connectivity index (χ2n) is 3.68. The van der Waals surface area contributed by atoms with Crippen LogP contribution in [-0.2, 0) is 9.47 Å². The zero-order chi connectivity index (χ0) is 14.3. The molecule has 0 aliphatic heterocycles. The highest BCUT2D eigenvalue weighted by Gasteiger charge is 2.39. The lowest BCUT2D eigenvalue weighted by atomic mass is 10.1. The smallest absolute Gasteiger partial charge is 0.418 e. The molecule has 7 heteroatoms. The fourth-order valence-electron chi connectivity index (χ4n) is 1.25. The Morgan fingerprint density at radius 1 is 1.16 bits per heavy atom. The standard InChI is InChI=1S/C12H15F3O4/c1-17-6-7-18-8-19-10-4-2-9(3-5-10)11(16)12(13,14)15/h2-5,11,16H,6-8H2,1H3. The summed E-state index contributed by atoms with van der Waals surface area (Å²) < 4.78 is 51.6. The topological polar surface area (TPSA) is 47.9 Å². The van der Waals surface area contributed by atoms with E-state index in [-0.39, 0.29) is 12.4 Å². The summed E-state index contributed by atoms with van der Waals surface area (Å²) >= 11 is 0. The van der Waals surface area contributed by atoms with Gasteiger partial charge in [-0.05, 0) is 17.7 Å². The van der Waals surface area contributed by atoms with Crippen LogP contribution in [-0.4, -0.2) is 38.4 Å². The molecule has 0 aliphatic carbocycles. The zero-order valence-corrected chi connectivity index (χ0v) is 10.3. The van der Waals surface area contributed by atoms with Gasteiger partial charge in [-0.1, -0.05) is 12.1 Å². The summed E-state index contributed by atoms with van der Waals surface area (Å²) in [4.78, 5) is 0. The molecule has 0 spiro atoms. The summed E-state index contributed by atoms with van der Waals surface area (Å²) in [5.41, 5.74) is -0.236. The molecule has 0 aliphatic rings. The molecular formula is C12H15F3O4. The van der Waals surface area contributed by atoms with Crippen LogP contribution >= 0.6 is 0 Å². The van der Waals surface area contributed by atoms with E-state index in [1.807, 2.05) is 0 Å². The van der Waals surface area contributed by atoms with E-state index in [1.165, 1.54) is 19.2 Å². The van der Waals surface area contributed by atoms with Crippen molar-refractivity contribution in [1.82, 2.24) is 0 Å². The zero-order valence-electron chi connectivity index (χ0n) is 10.3. The van der Waals surface area contributed by atoms with E-state index in [2.05, 4.69) is 0 Å². The number of halogens is 3. The van der Waals surface area contributed by atoms with Crippen LogP contribution in [0.3, 0.4) is 0 Å². The van der Waals surface area contributed by atoms with Crippen LogP contribution in [0, 0.1) is 0 Å². The van der Waals surface area contributed by atoms with E-state index in [0.717, 1.165) is 12.1 Å². The lowest BCUT2D eigenvalue weighted by Gasteiger charge is -2.15. The van der Waals surface area contributed by atoms with Gasteiger partial charge in [-0.15, -0.1) is 0 Å². The first kappa shape index (κ1) is 15.7. The van der Waals surface area contributed by atoms with E-state index < -0.39 is 12.3 Å². The number of aliphatic hydroxyl groups is 1. The molecule has 0 saturated carbocycles. The summed E-state index contributed by atoms with van der Waals surface area (Å²) in [5, 5.41) is 9.02. The van der Waals surface area contributed by atoms with Gasteiger partial charge in [0.15, 0.2) is 12.9 Å². The van der Waals surface area contributed by atoms with Gasteiger partial charge in [-0.3, -0.25) is 0 Å². The molecule has 1 aromatic rings. The van der Waals surface area contributed by atoms with Crippen molar-refractivity contribution in [3.63, 3.8) is 0 Å². The Kier molecular flexibility index (Phi) is 6.07. The molecule has 1 aromatic carbocycles. The molecule has 19 heavy (non-hydrogen) atoms. The van der Waals surface area contributed by atoms with Gasteiger partial charge in [-0.25, -0.2) is 0 Å². The van der Waals surface area contributed by atoms with Crippen molar-refractivity contribution < 1.29 is 32.5 Å². The van der Waals surface area contributed by atoms with Crippen LogP contribution in [0.15, 0.2) is 24.3 Å². The minimum atomic E-state index is -4.67. The normalized spacial score (nSPS) is 13.3. The molecule has 108 valence electrons. The van der Waals surface area contributed by atoms with E-state index in [4.69, 9.17) is 19.3 Å². The molecule has 1 atom stereocenters. The van der Waals surface area contributed by atoms with Gasteiger partial charge in [0.2, 0.25) is 0 Å². The number of aliphatic hydroxyl groups excluding tert-OH is 1. The van der Waals surface area contributed by atoms with Crippen molar-refractivity contribution in [3.8, 4) is 5.75 Å². The van der Waals surface area contributed by atoms with Crippen molar-refractivity contribution in [3.05, 3.63) is 29.8 Å². The Morgan fingerprint density at radius 3 is 2.32 bits per heavy atom. The van der Waals surface area contributed by atoms with E-state index in [9.17, 15) is 13.2 Å². The lowest BCUT2D eigenvalue weighted by Crippen LogP contribution is -2.20. The Labute approximate surface area is 108 Å². The second-order valence-corrected chi connectivity index (χ2v) is 3.68. The Bertz CT molecular complexity index is 364. The predicted octanol–water partition coefficient (Wildman–Crippen LogP) is 2.28. The van der Waals surface area contributed by atoms with Crippen LogP contribution in [0.5, 0.6) is 5.75 Å². The summed E-state index contributed by atoms with van der Waals surface area (Å²) in [5.74, 6) is 0.357. The first-order valence-corrected chi connectivity index (χ1v) is 5.49. The second kappa shape index (κ2) is 7.32. The monoisotopic (exact) mass is 280 g/mol. The Hall–Kier alpha value is -1.31. The molecule has 0 saturated heterocycles. The average Bonchev–Trinajstić information content (AvgIpc) is 2.37. The fraction of sp³-hybridized carbons (Fsp3) is 0.500. The quantitative estimate of drug-likeness (QED) is 0.615. The molecular weight excluding hydrogens is 265 g/mol. The lowest BCUT2D eigenvalue weighted by molar-refractivity contribution is -0.206. The summed E-state index contributed by atoms with van der Waals surface area (Å²) in [6, 6.07) is 4.99. The minimum absolute atomic E-state index is 0.0233. The molecule has 1 N–H and O–H groups in total. The van der Waals surface area contributed by atoms with Crippen molar-refractivity contribution in [1.29, 1.82) is 0 Å². The van der Waals surface area contributed by atoms with Crippen molar-refractivity contribution in [2.45, 2.75) is 12.3 Å². The number of ether oxygens (including phenoxy) is 3. The first-order valence-electron chi connectivity index (χ1n) is 5.49. The van der Waals surface area contributed by atoms with E-state index in [0.29, 0.717) is 19.0 Å². The van der Waals surface area contributed by atoms with Gasteiger partial charge in [0.25, 0.3) is 0 Å². The highest BCUT2D eigenvalue weighted by atomic mass is 19.4. The maximum atomic E-state index is 12.2. The molecule has 0 fully saturated rings. The highest BCUT2D eigenvalue weighted by molar-refractivity contribution is 5.29. The molecule has 0 bridgehead atoms. The number of methoxy groups -OCH3 is 1. The van der Waals surface area contributed by atoms with Gasteiger partial charge >= 0.3 is 6.18 Å². The minimum Gasteiger partial charge on any atom is -0.468 e. The first-order chi connectivity index (χ1) is 8.95. The van der Waals surface area contributed by atoms with Gasteiger partial charge in [0.1, 0.15) is 5.75 Å². The third-order valence-electron chi connectivity index (χ3n) is 2.25. The van der Waals surface area contributed by atoms with Gasteiger partial charge in [0, 0.05) is 7.11 Å². The van der Waals surface area contributed by atoms with Crippen LogP contribution in [0.1, 0.15) is 11.7 Å². The van der Waals surface area contributed by atoms with Crippen LogP contribution in [0.25, 0.3) is 0 Å². The highest BCUT2D eigenvalue weighted by Crippen LogP contribution is 2.32. The third kappa shape index (κ3) is 5.46. The van der Waals surface area contributed by atoms with E-state index in [1.54, 1.807) is 0 Å².